The Morgan fingerprint density at radius 3 is 2.67 bits per heavy atom. The molecular formula is C18H16ClN3O2. The minimum absolute atomic E-state index is 0.137. The van der Waals surface area contributed by atoms with Gasteiger partial charge in [-0.3, -0.25) is 4.79 Å². The molecule has 122 valence electrons. The smallest absolute Gasteiger partial charge is 0.223 e. The zero-order valence-electron chi connectivity index (χ0n) is 13.2. The highest BCUT2D eigenvalue weighted by Gasteiger charge is 2.17. The number of phenolic OH excluding ortho intramolecular Hbond substituents is 1. The van der Waals surface area contributed by atoms with E-state index in [1.807, 2.05) is 13.8 Å². The van der Waals surface area contributed by atoms with Crippen molar-refractivity contribution in [2.45, 2.75) is 19.9 Å². The third kappa shape index (κ3) is 3.16. The molecule has 0 radical (unpaired) electrons. The fourth-order valence-corrected chi connectivity index (χ4v) is 2.59. The number of halogens is 1. The minimum atomic E-state index is -0.343. The zero-order valence-corrected chi connectivity index (χ0v) is 14.0. The molecule has 6 heteroatoms. The molecule has 0 fully saturated rings. The first-order chi connectivity index (χ1) is 11.5. The van der Waals surface area contributed by atoms with Gasteiger partial charge in [-0.2, -0.15) is 0 Å². The number of nitrogens with zero attached hydrogens (tertiary/aromatic N) is 2. The predicted octanol–water partition coefficient (Wildman–Crippen LogP) is 4.04. The lowest BCUT2D eigenvalue weighted by molar-refractivity contribution is 0.103. The summed E-state index contributed by atoms with van der Waals surface area (Å²) in [6.07, 6.45) is 1.62. The zero-order chi connectivity index (χ0) is 17.3. The fraction of sp³-hybridized carbons (Fsp3) is 0.167. The van der Waals surface area contributed by atoms with Crippen molar-refractivity contribution >= 4 is 34.2 Å². The molecule has 0 bridgehead atoms. The van der Waals surface area contributed by atoms with Crippen LogP contribution < -0.4 is 5.32 Å². The molecule has 0 spiro atoms. The van der Waals surface area contributed by atoms with Gasteiger partial charge in [-0.05, 0) is 32.0 Å². The van der Waals surface area contributed by atoms with Crippen LogP contribution in [-0.4, -0.2) is 26.9 Å². The minimum Gasteiger partial charge on any atom is -0.507 e. The van der Waals surface area contributed by atoms with Gasteiger partial charge < -0.3 is 10.4 Å². The molecule has 0 saturated carbocycles. The number of rotatable bonds is 4. The maximum Gasteiger partial charge on any atom is 0.223 e. The van der Waals surface area contributed by atoms with Gasteiger partial charge in [0.1, 0.15) is 5.75 Å². The summed E-state index contributed by atoms with van der Waals surface area (Å²) in [6, 6.07) is 9.97. The van der Waals surface area contributed by atoms with Crippen LogP contribution in [0.3, 0.4) is 0 Å². The number of fused-ring (bicyclic) bond motifs is 1. The Hall–Kier alpha value is -2.66. The van der Waals surface area contributed by atoms with Crippen LogP contribution >= 0.6 is 11.6 Å². The van der Waals surface area contributed by atoms with Crippen molar-refractivity contribution in [2.75, 3.05) is 5.32 Å². The molecule has 1 heterocycles. The van der Waals surface area contributed by atoms with E-state index in [1.165, 1.54) is 6.07 Å². The molecule has 3 rings (SSSR count). The molecule has 0 saturated heterocycles. The third-order valence-corrected chi connectivity index (χ3v) is 3.81. The maximum absolute atomic E-state index is 12.6. The van der Waals surface area contributed by atoms with E-state index in [-0.39, 0.29) is 23.1 Å². The quantitative estimate of drug-likeness (QED) is 0.700. The lowest BCUT2D eigenvalue weighted by atomic mass is 10.0. The average molecular weight is 342 g/mol. The van der Waals surface area contributed by atoms with E-state index in [9.17, 15) is 9.90 Å². The van der Waals surface area contributed by atoms with E-state index in [1.54, 1.807) is 36.5 Å². The SMILES string of the molecule is CC(C)Nc1ncc2cc(C(=O)c3ccccc3Cl)c(O)cc2n1. The average Bonchev–Trinajstić information content (AvgIpc) is 2.53. The number of carbonyl (C=O) groups excluding carboxylic acids is 1. The number of phenols is 1. The van der Waals surface area contributed by atoms with Gasteiger partial charge in [0.05, 0.1) is 16.1 Å². The number of aromatic nitrogens is 2. The number of aromatic hydroxyl groups is 1. The number of nitrogens with one attached hydrogen (secondary N) is 1. The van der Waals surface area contributed by atoms with Crippen molar-refractivity contribution in [1.82, 2.24) is 9.97 Å². The number of hydrogen-bond acceptors (Lipinski definition) is 5. The molecule has 5 nitrogen and oxygen atoms in total. The molecule has 2 aromatic carbocycles. The first-order valence-electron chi connectivity index (χ1n) is 7.51. The van der Waals surface area contributed by atoms with Crippen LogP contribution in [0, 0.1) is 0 Å². The monoisotopic (exact) mass is 341 g/mol. The highest BCUT2D eigenvalue weighted by Crippen LogP contribution is 2.28. The van der Waals surface area contributed by atoms with Gasteiger partial charge in [-0.1, -0.05) is 23.7 Å². The Kier molecular flexibility index (Phi) is 4.36. The summed E-state index contributed by atoms with van der Waals surface area (Å²) in [5.41, 5.74) is 1.07. The van der Waals surface area contributed by atoms with Crippen molar-refractivity contribution in [3.8, 4) is 5.75 Å². The largest absolute Gasteiger partial charge is 0.507 e. The Morgan fingerprint density at radius 1 is 1.21 bits per heavy atom. The van der Waals surface area contributed by atoms with Gasteiger partial charge in [0.2, 0.25) is 5.95 Å². The van der Waals surface area contributed by atoms with Gasteiger partial charge in [0.25, 0.3) is 0 Å². The van der Waals surface area contributed by atoms with Crippen LogP contribution in [0.2, 0.25) is 5.02 Å². The Balaban J connectivity index is 2.05. The third-order valence-electron chi connectivity index (χ3n) is 3.48. The van der Waals surface area contributed by atoms with Crippen LogP contribution in [0.15, 0.2) is 42.6 Å². The van der Waals surface area contributed by atoms with E-state index in [2.05, 4.69) is 15.3 Å². The molecule has 0 aliphatic heterocycles. The summed E-state index contributed by atoms with van der Waals surface area (Å²) >= 11 is 6.07. The van der Waals surface area contributed by atoms with Crippen molar-refractivity contribution in [3.63, 3.8) is 0 Å². The molecule has 2 N–H and O–H groups in total. The second-order valence-corrected chi connectivity index (χ2v) is 6.14. The van der Waals surface area contributed by atoms with Crippen LogP contribution in [0.25, 0.3) is 10.9 Å². The molecule has 0 unspecified atom stereocenters. The van der Waals surface area contributed by atoms with Crippen molar-refractivity contribution in [2.24, 2.45) is 0 Å². The van der Waals surface area contributed by atoms with Gasteiger partial charge >= 0.3 is 0 Å². The van der Waals surface area contributed by atoms with Crippen LogP contribution in [0.1, 0.15) is 29.8 Å². The summed E-state index contributed by atoms with van der Waals surface area (Å²) < 4.78 is 0. The van der Waals surface area contributed by atoms with E-state index >= 15 is 0 Å². The topological polar surface area (TPSA) is 75.1 Å². The van der Waals surface area contributed by atoms with Crippen LogP contribution in [-0.2, 0) is 0 Å². The highest BCUT2D eigenvalue weighted by atomic mass is 35.5. The Labute approximate surface area is 144 Å². The van der Waals surface area contributed by atoms with Crippen molar-refractivity contribution in [1.29, 1.82) is 0 Å². The summed E-state index contributed by atoms with van der Waals surface area (Å²) in [4.78, 5) is 21.2. The number of benzene rings is 2. The van der Waals surface area contributed by atoms with Crippen molar-refractivity contribution in [3.05, 3.63) is 58.7 Å². The van der Waals surface area contributed by atoms with Gasteiger partial charge in [-0.15, -0.1) is 0 Å². The summed E-state index contributed by atoms with van der Waals surface area (Å²) in [5.74, 6) is -0.00641. The standard InChI is InChI=1S/C18H16ClN3O2/c1-10(2)21-18-20-9-11-7-13(16(23)8-15(11)22-18)17(24)12-5-3-4-6-14(12)19/h3-10,23H,1-2H3,(H,20,21,22). The molecular weight excluding hydrogens is 326 g/mol. The number of ketones is 1. The summed E-state index contributed by atoms with van der Waals surface area (Å²) in [7, 11) is 0. The van der Waals surface area contributed by atoms with E-state index < -0.39 is 0 Å². The van der Waals surface area contributed by atoms with E-state index in [4.69, 9.17) is 11.6 Å². The molecule has 0 atom stereocenters. The maximum atomic E-state index is 12.6. The number of hydrogen-bond donors (Lipinski definition) is 2. The Morgan fingerprint density at radius 2 is 1.96 bits per heavy atom. The van der Waals surface area contributed by atoms with Crippen LogP contribution in [0.5, 0.6) is 5.75 Å². The molecule has 24 heavy (non-hydrogen) atoms. The van der Waals surface area contributed by atoms with E-state index in [0.29, 0.717) is 27.4 Å². The first-order valence-corrected chi connectivity index (χ1v) is 7.89. The van der Waals surface area contributed by atoms with Gasteiger partial charge in [0, 0.05) is 29.3 Å². The first kappa shape index (κ1) is 16.2. The lowest BCUT2D eigenvalue weighted by Crippen LogP contribution is -2.12. The number of carbonyl (C=O) groups is 1. The summed E-state index contributed by atoms with van der Waals surface area (Å²) in [6.45, 7) is 3.97. The highest BCUT2D eigenvalue weighted by molar-refractivity contribution is 6.35. The molecule has 1 aromatic heterocycles. The summed E-state index contributed by atoms with van der Waals surface area (Å²) in [5, 5.41) is 14.4. The predicted molar refractivity (Wildman–Crippen MR) is 94.8 cm³/mol. The molecule has 0 amide bonds. The molecule has 3 aromatic rings. The molecule has 0 aliphatic carbocycles. The second-order valence-electron chi connectivity index (χ2n) is 5.73. The van der Waals surface area contributed by atoms with Crippen LogP contribution in [0.4, 0.5) is 5.95 Å². The lowest BCUT2D eigenvalue weighted by Gasteiger charge is -2.10. The fourth-order valence-electron chi connectivity index (χ4n) is 2.37. The molecule has 0 aliphatic rings. The number of anilines is 1. The van der Waals surface area contributed by atoms with Gasteiger partial charge in [0.15, 0.2) is 5.78 Å². The Bertz CT molecular complexity index is 925. The van der Waals surface area contributed by atoms with Crippen molar-refractivity contribution < 1.29 is 9.90 Å². The second kappa shape index (κ2) is 6.45. The normalized spacial score (nSPS) is 11.0. The van der Waals surface area contributed by atoms with E-state index in [0.717, 1.165) is 0 Å². The van der Waals surface area contributed by atoms with Gasteiger partial charge in [-0.25, -0.2) is 9.97 Å².